The molecule has 0 aromatic heterocycles. The zero-order valence-corrected chi connectivity index (χ0v) is 11.9. The number of nitrogens with zero attached hydrogens (tertiary/aromatic N) is 2. The molecule has 2 heterocycles. The number of para-hydroxylation sites is 1. The molecule has 8 heteroatoms. The Morgan fingerprint density at radius 1 is 1.10 bits per heavy atom. The molecule has 0 aliphatic carbocycles. The summed E-state index contributed by atoms with van der Waals surface area (Å²) in [5.41, 5.74) is 0. The lowest BCUT2D eigenvalue weighted by atomic mass is 10.2. The number of hydrogen-bond donors (Lipinski definition) is 1. The summed E-state index contributed by atoms with van der Waals surface area (Å²) in [6.07, 6.45) is 0. The molecule has 0 saturated carbocycles. The Kier molecular flexibility index (Phi) is 3.44. The van der Waals surface area contributed by atoms with Crippen LogP contribution < -0.4 is 15.9 Å². The number of rotatable bonds is 2. The van der Waals surface area contributed by atoms with Crippen molar-refractivity contribution in [2.45, 2.75) is 0 Å². The summed E-state index contributed by atoms with van der Waals surface area (Å²) >= 11 is 0. The van der Waals surface area contributed by atoms with E-state index in [9.17, 15) is 18.0 Å². The molecule has 3 rings (SSSR count). The van der Waals surface area contributed by atoms with Crippen LogP contribution in [0.25, 0.3) is 4.91 Å². The van der Waals surface area contributed by atoms with E-state index >= 15 is 0 Å². The van der Waals surface area contributed by atoms with Gasteiger partial charge in [0.25, 0.3) is 5.78 Å². The minimum absolute atomic E-state index is 0.195. The van der Waals surface area contributed by atoms with Crippen molar-refractivity contribution in [1.82, 2.24) is 9.62 Å². The molecule has 1 aromatic rings. The third-order valence-corrected chi connectivity index (χ3v) is 5.41. The number of hydrogen-bond acceptors (Lipinski definition) is 5. The monoisotopic (exact) mass is 307 g/mol. The second kappa shape index (κ2) is 5.14. The lowest BCUT2D eigenvalue weighted by molar-refractivity contribution is -0.132. The van der Waals surface area contributed by atoms with Gasteiger partial charge >= 0.3 is 5.91 Å². The second-order valence-corrected chi connectivity index (χ2v) is 6.62. The van der Waals surface area contributed by atoms with Crippen molar-refractivity contribution in [2.75, 3.05) is 26.2 Å². The number of sulfonamides is 1. The standard InChI is InChI=1S/C13H13N3O4S/c17-11-12(21(19,20)16-7-5-14-6-8-16)9-3-1-2-4-10(9)15-13(11)18/h1-4,14H,5-8H2. The molecular weight excluding hydrogens is 294 g/mol. The van der Waals surface area contributed by atoms with Crippen LogP contribution in [-0.2, 0) is 19.6 Å². The molecule has 0 unspecified atom stereocenters. The average molecular weight is 307 g/mol. The van der Waals surface area contributed by atoms with E-state index in [2.05, 4.69) is 10.3 Å². The van der Waals surface area contributed by atoms with Gasteiger partial charge in [0.15, 0.2) is 0 Å². The number of carbonyl (C=O) groups excluding carboxylic acids is 2. The zero-order valence-electron chi connectivity index (χ0n) is 11.1. The highest BCUT2D eigenvalue weighted by molar-refractivity contribution is 7.99. The molecule has 1 N–H and O–H groups in total. The summed E-state index contributed by atoms with van der Waals surface area (Å²) in [5, 5.41) is 3.46. The van der Waals surface area contributed by atoms with Crippen LogP contribution in [0.1, 0.15) is 0 Å². The molecule has 2 aliphatic heterocycles. The molecule has 1 saturated heterocycles. The number of amides is 1. The molecule has 21 heavy (non-hydrogen) atoms. The summed E-state index contributed by atoms with van der Waals surface area (Å²) in [5.74, 6) is -2.10. The van der Waals surface area contributed by atoms with Gasteiger partial charge < -0.3 is 5.32 Å². The maximum Gasteiger partial charge on any atom is 0.319 e. The number of nitrogens with one attached hydrogen (secondary N) is 1. The van der Waals surface area contributed by atoms with Crippen molar-refractivity contribution in [3.63, 3.8) is 0 Å². The minimum atomic E-state index is -4.00. The molecule has 1 amide bonds. The van der Waals surface area contributed by atoms with Gasteiger partial charge in [0.05, 0.1) is 5.36 Å². The average Bonchev–Trinajstić information content (AvgIpc) is 2.49. The van der Waals surface area contributed by atoms with Gasteiger partial charge in [-0.3, -0.25) is 9.59 Å². The van der Waals surface area contributed by atoms with E-state index in [-0.39, 0.29) is 23.7 Å². The van der Waals surface area contributed by atoms with Crippen molar-refractivity contribution in [3.8, 4) is 0 Å². The van der Waals surface area contributed by atoms with Crippen molar-refractivity contribution < 1.29 is 18.0 Å². The molecule has 0 spiro atoms. The van der Waals surface area contributed by atoms with Crippen molar-refractivity contribution in [1.29, 1.82) is 0 Å². The molecule has 0 bridgehead atoms. The number of ketones is 1. The van der Waals surface area contributed by atoms with Gasteiger partial charge in [0.2, 0.25) is 10.0 Å². The first-order chi connectivity index (χ1) is 10.0. The fourth-order valence-electron chi connectivity index (χ4n) is 2.41. The predicted molar refractivity (Wildman–Crippen MR) is 74.0 cm³/mol. The molecule has 2 aliphatic rings. The maximum atomic E-state index is 12.7. The number of piperazine rings is 1. The third-order valence-electron chi connectivity index (χ3n) is 3.44. The SMILES string of the molecule is O=C1N=c2ccccc2=C(S(=O)(=O)N2CCNCC2)C1=O. The van der Waals surface area contributed by atoms with Crippen molar-refractivity contribution >= 4 is 26.6 Å². The first kappa shape index (κ1) is 14.1. The van der Waals surface area contributed by atoms with Gasteiger partial charge in [-0.25, -0.2) is 13.4 Å². The van der Waals surface area contributed by atoms with Crippen LogP contribution in [0.15, 0.2) is 29.3 Å². The van der Waals surface area contributed by atoms with Crippen LogP contribution in [0.4, 0.5) is 0 Å². The highest BCUT2D eigenvalue weighted by atomic mass is 32.2. The Hall–Kier alpha value is -1.90. The Morgan fingerprint density at radius 3 is 2.48 bits per heavy atom. The molecule has 7 nitrogen and oxygen atoms in total. The Balaban J connectivity index is 2.26. The van der Waals surface area contributed by atoms with Gasteiger partial charge in [-0.05, 0) is 6.07 Å². The number of Topliss-reactive ketones (excluding diaryl/α,β-unsaturated/α-hetero) is 1. The Morgan fingerprint density at radius 2 is 1.76 bits per heavy atom. The van der Waals surface area contributed by atoms with Crippen LogP contribution in [0.3, 0.4) is 0 Å². The van der Waals surface area contributed by atoms with E-state index in [1.807, 2.05) is 0 Å². The van der Waals surface area contributed by atoms with Crippen LogP contribution in [0.2, 0.25) is 0 Å². The van der Waals surface area contributed by atoms with Gasteiger partial charge in [0.1, 0.15) is 4.91 Å². The molecule has 110 valence electrons. The summed E-state index contributed by atoms with van der Waals surface area (Å²) in [7, 11) is -4.00. The van der Waals surface area contributed by atoms with Crippen molar-refractivity contribution in [3.05, 3.63) is 34.8 Å². The van der Waals surface area contributed by atoms with E-state index in [0.29, 0.717) is 13.1 Å². The summed E-state index contributed by atoms with van der Waals surface area (Å²) < 4.78 is 26.6. The van der Waals surface area contributed by atoms with E-state index in [4.69, 9.17) is 0 Å². The topological polar surface area (TPSA) is 95.9 Å². The summed E-state index contributed by atoms with van der Waals surface area (Å²) in [4.78, 5) is 26.9. The van der Waals surface area contributed by atoms with E-state index in [0.717, 1.165) is 0 Å². The number of carbonyl (C=O) groups is 2. The first-order valence-corrected chi connectivity index (χ1v) is 7.93. The van der Waals surface area contributed by atoms with Crippen LogP contribution in [-0.4, -0.2) is 50.6 Å². The number of fused-ring (bicyclic) bond motifs is 1. The predicted octanol–water partition coefficient (Wildman–Crippen LogP) is -2.24. The van der Waals surface area contributed by atoms with Crippen LogP contribution in [0, 0.1) is 0 Å². The van der Waals surface area contributed by atoms with Crippen molar-refractivity contribution in [2.24, 2.45) is 4.99 Å². The summed E-state index contributed by atoms with van der Waals surface area (Å²) in [6.45, 7) is 1.57. The largest absolute Gasteiger partial charge is 0.319 e. The lowest BCUT2D eigenvalue weighted by Crippen LogP contribution is -2.50. The van der Waals surface area contributed by atoms with E-state index in [1.54, 1.807) is 12.1 Å². The highest BCUT2D eigenvalue weighted by Crippen LogP contribution is 2.16. The molecule has 1 aromatic carbocycles. The van der Waals surface area contributed by atoms with Gasteiger partial charge in [0, 0.05) is 31.4 Å². The van der Waals surface area contributed by atoms with Crippen LogP contribution in [0.5, 0.6) is 0 Å². The number of benzene rings is 1. The normalized spacial score (nSPS) is 20.1. The highest BCUT2D eigenvalue weighted by Gasteiger charge is 2.37. The van der Waals surface area contributed by atoms with E-state index < -0.39 is 26.6 Å². The molecular formula is C13H13N3O4S. The fraction of sp³-hybridized carbons (Fsp3) is 0.308. The molecule has 1 fully saturated rings. The zero-order chi connectivity index (χ0) is 15.0. The fourth-order valence-corrected chi connectivity index (χ4v) is 4.11. The van der Waals surface area contributed by atoms with Gasteiger partial charge in [-0.2, -0.15) is 4.31 Å². The first-order valence-electron chi connectivity index (χ1n) is 6.49. The Labute approximate surface area is 121 Å². The molecule has 0 atom stereocenters. The van der Waals surface area contributed by atoms with E-state index in [1.165, 1.54) is 16.4 Å². The minimum Gasteiger partial charge on any atom is -0.314 e. The lowest BCUT2D eigenvalue weighted by Gasteiger charge is -2.27. The van der Waals surface area contributed by atoms with Crippen LogP contribution >= 0.6 is 0 Å². The third kappa shape index (κ3) is 2.31. The quantitative estimate of drug-likeness (QED) is 0.623. The Bertz CT molecular complexity index is 838. The van der Waals surface area contributed by atoms with Gasteiger partial charge in [-0.15, -0.1) is 0 Å². The van der Waals surface area contributed by atoms with Gasteiger partial charge in [-0.1, -0.05) is 18.2 Å². The maximum absolute atomic E-state index is 12.7. The summed E-state index contributed by atoms with van der Waals surface area (Å²) in [6, 6.07) is 6.27. The smallest absolute Gasteiger partial charge is 0.314 e. The second-order valence-electron chi connectivity index (χ2n) is 4.75. The molecule has 0 radical (unpaired) electrons.